The van der Waals surface area contributed by atoms with Crippen LogP contribution in [0.5, 0.6) is 0 Å². The van der Waals surface area contributed by atoms with Crippen LogP contribution in [-0.2, 0) is 21.2 Å². The molecular formula is C27H39N5O5S. The van der Waals surface area contributed by atoms with Gasteiger partial charge in [0.05, 0.1) is 5.56 Å². The molecule has 2 aromatic rings. The Balaban J connectivity index is 1.69. The predicted octanol–water partition coefficient (Wildman–Crippen LogP) is 4.02. The molecule has 0 aromatic carbocycles. The first-order valence-electron chi connectivity index (χ1n) is 12.8. The van der Waals surface area contributed by atoms with Gasteiger partial charge in [-0.25, -0.2) is 19.5 Å². The molecule has 1 aliphatic heterocycles. The highest BCUT2D eigenvalue weighted by Gasteiger charge is 2.39. The molecule has 1 saturated heterocycles. The second kappa shape index (κ2) is 11.3. The Bertz CT molecular complexity index is 1270. The molecule has 0 saturated carbocycles. The summed E-state index contributed by atoms with van der Waals surface area (Å²) < 4.78 is 33.7. The highest BCUT2D eigenvalue weighted by molar-refractivity contribution is 7.90. The number of rotatable bonds is 8. The molecule has 1 fully saturated rings. The minimum absolute atomic E-state index is 0.194. The molecule has 10 nitrogen and oxygen atoms in total. The van der Waals surface area contributed by atoms with Gasteiger partial charge in [0.2, 0.25) is 0 Å². The van der Waals surface area contributed by atoms with E-state index in [4.69, 9.17) is 4.74 Å². The van der Waals surface area contributed by atoms with E-state index in [1.54, 1.807) is 58.3 Å². The largest absolute Gasteiger partial charge is 0.444 e. The highest BCUT2D eigenvalue weighted by Crippen LogP contribution is 2.37. The Morgan fingerprint density at radius 1 is 1.21 bits per heavy atom. The minimum atomic E-state index is -4.23. The first-order valence-corrected chi connectivity index (χ1v) is 14.3. The van der Waals surface area contributed by atoms with Crippen molar-refractivity contribution in [3.63, 3.8) is 0 Å². The van der Waals surface area contributed by atoms with Gasteiger partial charge in [-0.05, 0) is 84.1 Å². The maximum atomic E-state index is 13.2. The van der Waals surface area contributed by atoms with E-state index in [2.05, 4.69) is 40.4 Å². The van der Waals surface area contributed by atoms with Crippen molar-refractivity contribution in [3.8, 4) is 0 Å². The van der Waals surface area contributed by atoms with Crippen molar-refractivity contribution in [2.75, 3.05) is 25.0 Å². The van der Waals surface area contributed by atoms with Crippen LogP contribution >= 0.6 is 0 Å². The quantitative estimate of drug-likeness (QED) is 0.528. The number of hydrogen-bond acceptors (Lipinski definition) is 8. The van der Waals surface area contributed by atoms with Crippen LogP contribution < -0.4 is 9.62 Å². The molecule has 3 heterocycles. The third kappa shape index (κ3) is 7.43. The number of aromatic nitrogens is 2. The summed E-state index contributed by atoms with van der Waals surface area (Å²) in [6.45, 7) is 12.9. The van der Waals surface area contributed by atoms with Crippen molar-refractivity contribution >= 4 is 27.8 Å². The number of amides is 2. The summed E-state index contributed by atoms with van der Waals surface area (Å²) in [6, 6.07) is 7.84. The van der Waals surface area contributed by atoms with Crippen molar-refractivity contribution in [2.45, 2.75) is 77.0 Å². The molecule has 2 amide bonds. The molecule has 0 aliphatic carbocycles. The molecule has 0 bridgehead atoms. The Morgan fingerprint density at radius 3 is 2.55 bits per heavy atom. The number of ether oxygens (including phenoxy) is 1. The molecule has 208 valence electrons. The minimum Gasteiger partial charge on any atom is -0.444 e. The average Bonchev–Trinajstić information content (AvgIpc) is 3.09. The number of carbonyl (C=O) groups is 2. The van der Waals surface area contributed by atoms with Gasteiger partial charge in [0, 0.05) is 37.6 Å². The topological polar surface area (TPSA) is 122 Å². The van der Waals surface area contributed by atoms with Gasteiger partial charge < -0.3 is 14.5 Å². The average molecular weight is 546 g/mol. The molecule has 0 radical (unpaired) electrons. The van der Waals surface area contributed by atoms with E-state index in [1.807, 2.05) is 0 Å². The highest BCUT2D eigenvalue weighted by atomic mass is 32.2. The molecular weight excluding hydrogens is 506 g/mol. The second-order valence-corrected chi connectivity index (χ2v) is 13.1. The Kier molecular flexibility index (Phi) is 8.70. The molecule has 3 rings (SSSR count). The van der Waals surface area contributed by atoms with Gasteiger partial charge >= 0.3 is 6.09 Å². The van der Waals surface area contributed by atoms with Crippen LogP contribution in [0.3, 0.4) is 0 Å². The fraction of sp³-hybridized carbons (Fsp3) is 0.556. The number of aryl methyl sites for hydroxylation is 1. The fourth-order valence-corrected chi connectivity index (χ4v) is 5.61. The summed E-state index contributed by atoms with van der Waals surface area (Å²) in [4.78, 5) is 37.5. The van der Waals surface area contributed by atoms with Crippen LogP contribution in [0.1, 0.15) is 70.4 Å². The first kappa shape index (κ1) is 29.3. The lowest BCUT2D eigenvalue weighted by Crippen LogP contribution is -2.41. The molecule has 0 spiro atoms. The number of carbonyl (C=O) groups excluding carboxylic acids is 2. The van der Waals surface area contributed by atoms with Crippen LogP contribution in [0.15, 0.2) is 41.6 Å². The van der Waals surface area contributed by atoms with Crippen molar-refractivity contribution in [1.82, 2.24) is 19.6 Å². The number of nitrogens with zero attached hydrogens (tertiary/aromatic N) is 4. The summed E-state index contributed by atoms with van der Waals surface area (Å²) in [6.07, 6.45) is 3.12. The molecule has 11 heteroatoms. The van der Waals surface area contributed by atoms with Gasteiger partial charge in [0.25, 0.3) is 15.9 Å². The van der Waals surface area contributed by atoms with Crippen molar-refractivity contribution in [3.05, 3.63) is 47.8 Å². The van der Waals surface area contributed by atoms with Gasteiger partial charge in [0.1, 0.15) is 11.4 Å². The maximum Gasteiger partial charge on any atom is 0.410 e. The zero-order valence-corrected chi connectivity index (χ0v) is 24.1. The molecule has 1 unspecified atom stereocenters. The van der Waals surface area contributed by atoms with Crippen molar-refractivity contribution in [2.24, 2.45) is 5.92 Å². The van der Waals surface area contributed by atoms with Crippen molar-refractivity contribution in [1.29, 1.82) is 0 Å². The van der Waals surface area contributed by atoms with E-state index >= 15 is 0 Å². The number of nitrogens with one attached hydrogen (secondary N) is 1. The summed E-state index contributed by atoms with van der Waals surface area (Å²) in [5.41, 5.74) is -0.0678. The molecule has 1 atom stereocenters. The van der Waals surface area contributed by atoms with E-state index in [9.17, 15) is 18.0 Å². The van der Waals surface area contributed by atoms with Crippen molar-refractivity contribution < 1.29 is 22.7 Å². The van der Waals surface area contributed by atoms with E-state index in [-0.39, 0.29) is 16.1 Å². The zero-order valence-electron chi connectivity index (χ0n) is 23.3. The third-order valence-corrected chi connectivity index (χ3v) is 7.51. The molecule has 38 heavy (non-hydrogen) atoms. The maximum absolute atomic E-state index is 13.2. The SMILES string of the molecule is CC1CN(c2ncccc2C(=O)NS(=O)(=O)c2cccc(CCCN(C)C(=O)OC(C)(C)C)n2)C(C)(C)C1. The van der Waals surface area contributed by atoms with Gasteiger partial charge in [-0.2, -0.15) is 8.42 Å². The van der Waals surface area contributed by atoms with E-state index in [0.717, 1.165) is 13.0 Å². The summed E-state index contributed by atoms with van der Waals surface area (Å²) >= 11 is 0. The van der Waals surface area contributed by atoms with Crippen LogP contribution in [-0.4, -0.2) is 66.6 Å². The van der Waals surface area contributed by atoms with Gasteiger partial charge in [-0.3, -0.25) is 4.79 Å². The summed E-state index contributed by atoms with van der Waals surface area (Å²) in [5, 5.41) is -0.246. The lowest BCUT2D eigenvalue weighted by Gasteiger charge is -2.33. The third-order valence-electron chi connectivity index (χ3n) is 6.28. The van der Waals surface area contributed by atoms with E-state index < -0.39 is 27.6 Å². The monoisotopic (exact) mass is 545 g/mol. The van der Waals surface area contributed by atoms with E-state index in [1.165, 1.54) is 11.0 Å². The molecule has 1 aliphatic rings. The van der Waals surface area contributed by atoms with Gasteiger partial charge in [-0.1, -0.05) is 13.0 Å². The smallest absolute Gasteiger partial charge is 0.410 e. The summed E-state index contributed by atoms with van der Waals surface area (Å²) in [7, 11) is -2.58. The Morgan fingerprint density at radius 2 is 1.92 bits per heavy atom. The van der Waals surface area contributed by atoms with Gasteiger partial charge in [-0.15, -0.1) is 0 Å². The zero-order chi connectivity index (χ0) is 28.3. The fourth-order valence-electron chi connectivity index (χ4n) is 4.65. The van der Waals surface area contributed by atoms with Gasteiger partial charge in [0.15, 0.2) is 5.03 Å². The number of sulfonamides is 1. The Labute approximate surface area is 225 Å². The second-order valence-electron chi connectivity index (χ2n) is 11.5. The van der Waals surface area contributed by atoms with Crippen LogP contribution in [0.2, 0.25) is 0 Å². The van der Waals surface area contributed by atoms with E-state index in [0.29, 0.717) is 36.8 Å². The molecule has 1 N–H and O–H groups in total. The normalized spacial score (nSPS) is 17.2. The lowest BCUT2D eigenvalue weighted by atomic mass is 9.97. The molecule has 2 aromatic heterocycles. The number of anilines is 1. The number of pyridine rings is 2. The predicted molar refractivity (Wildman–Crippen MR) is 146 cm³/mol. The Hall–Kier alpha value is -3.21. The standard InChI is InChI=1S/C27H39N5O5S/c1-19-17-27(5,6)32(18-19)23-21(13-9-15-28-23)24(33)30-38(35,36)22-14-8-11-20(29-22)12-10-16-31(7)25(34)37-26(2,3)4/h8-9,11,13-15,19H,10,12,16-18H2,1-7H3,(H,30,33). The first-order chi connectivity index (χ1) is 17.6. The van der Waals surface area contributed by atoms with Crippen LogP contribution in [0.25, 0.3) is 0 Å². The summed E-state index contributed by atoms with van der Waals surface area (Å²) in [5.74, 6) is 0.127. The van der Waals surface area contributed by atoms with Crippen LogP contribution in [0, 0.1) is 5.92 Å². The number of hydrogen-bond donors (Lipinski definition) is 1. The lowest BCUT2D eigenvalue weighted by molar-refractivity contribution is 0.0297. The van der Waals surface area contributed by atoms with Crippen LogP contribution in [0.4, 0.5) is 10.6 Å².